The highest BCUT2D eigenvalue weighted by Gasteiger charge is 2.33. The normalized spacial score (nSPS) is 17.3. The van der Waals surface area contributed by atoms with Crippen LogP contribution in [0.3, 0.4) is 0 Å². The van der Waals surface area contributed by atoms with Crippen LogP contribution in [0.2, 0.25) is 0 Å². The summed E-state index contributed by atoms with van der Waals surface area (Å²) in [5, 5.41) is 2.74. The summed E-state index contributed by atoms with van der Waals surface area (Å²) in [4.78, 5) is 24.4. The molecule has 1 aliphatic rings. The van der Waals surface area contributed by atoms with Crippen LogP contribution in [-0.2, 0) is 4.79 Å². The number of fused-ring (bicyclic) bond motifs is 1. The zero-order chi connectivity index (χ0) is 17.3. The Kier molecular flexibility index (Phi) is 4.34. The molecular formula is C19H18FNO3. The third-order valence-corrected chi connectivity index (χ3v) is 4.13. The minimum atomic E-state index is -0.816. The van der Waals surface area contributed by atoms with Crippen LogP contribution in [0.4, 0.5) is 10.1 Å². The van der Waals surface area contributed by atoms with E-state index in [2.05, 4.69) is 5.32 Å². The monoisotopic (exact) mass is 327 g/mol. The summed E-state index contributed by atoms with van der Waals surface area (Å²) in [6, 6.07) is 11.7. The number of hydrogen-bond acceptors (Lipinski definition) is 3. The number of halogens is 1. The largest absolute Gasteiger partial charge is 0.480 e. The standard InChI is InChI=1S/C19H18FNO3/c1-11-10-15(22)18-16(9-8-14(20)17(11)18)24-12(2)19(23)21-13-6-4-3-5-7-13/h3-9,11-12H,10H2,1-2H3,(H,21,23)/t11-,12-/m0/s1. The molecule has 0 bridgehead atoms. The Morgan fingerprint density at radius 3 is 2.67 bits per heavy atom. The second-order valence-electron chi connectivity index (χ2n) is 5.98. The first-order chi connectivity index (χ1) is 11.5. The third kappa shape index (κ3) is 3.02. The second-order valence-corrected chi connectivity index (χ2v) is 5.98. The van der Waals surface area contributed by atoms with Crippen molar-refractivity contribution in [3.05, 3.63) is 59.4 Å². The molecule has 0 radical (unpaired) electrons. The van der Waals surface area contributed by atoms with Gasteiger partial charge in [0.05, 0.1) is 5.56 Å². The molecule has 3 rings (SSSR count). The molecule has 1 aliphatic carbocycles. The summed E-state index contributed by atoms with van der Waals surface area (Å²) < 4.78 is 19.7. The quantitative estimate of drug-likeness (QED) is 0.926. The number of anilines is 1. The second kappa shape index (κ2) is 6.43. The first-order valence-corrected chi connectivity index (χ1v) is 7.85. The van der Waals surface area contributed by atoms with Crippen molar-refractivity contribution in [1.82, 2.24) is 0 Å². The SMILES string of the molecule is C[C@H](Oc1ccc(F)c2c1C(=O)C[C@@H]2C)C(=O)Nc1ccccc1. The molecule has 0 saturated carbocycles. The van der Waals surface area contributed by atoms with Gasteiger partial charge in [0.15, 0.2) is 11.9 Å². The summed E-state index contributed by atoms with van der Waals surface area (Å²) >= 11 is 0. The van der Waals surface area contributed by atoms with Gasteiger partial charge in [-0.15, -0.1) is 0 Å². The van der Waals surface area contributed by atoms with E-state index in [0.717, 1.165) is 0 Å². The highest BCUT2D eigenvalue weighted by atomic mass is 19.1. The van der Waals surface area contributed by atoms with E-state index < -0.39 is 11.9 Å². The molecule has 2 aromatic carbocycles. The maximum absolute atomic E-state index is 14.0. The average molecular weight is 327 g/mol. The first kappa shape index (κ1) is 16.2. The van der Waals surface area contributed by atoms with Crippen LogP contribution >= 0.6 is 0 Å². The molecule has 0 fully saturated rings. The molecule has 0 heterocycles. The van der Waals surface area contributed by atoms with Gasteiger partial charge in [0.2, 0.25) is 0 Å². The van der Waals surface area contributed by atoms with E-state index in [0.29, 0.717) is 11.3 Å². The Hall–Kier alpha value is -2.69. The summed E-state index contributed by atoms with van der Waals surface area (Å²) in [5.74, 6) is -0.807. The third-order valence-electron chi connectivity index (χ3n) is 4.13. The van der Waals surface area contributed by atoms with Crippen molar-refractivity contribution in [2.45, 2.75) is 32.3 Å². The van der Waals surface area contributed by atoms with Crippen LogP contribution in [0.1, 0.15) is 42.1 Å². The lowest BCUT2D eigenvalue weighted by molar-refractivity contribution is -0.122. The van der Waals surface area contributed by atoms with Crippen LogP contribution < -0.4 is 10.1 Å². The molecule has 124 valence electrons. The molecule has 0 aromatic heterocycles. The van der Waals surface area contributed by atoms with Crippen LogP contribution in [-0.4, -0.2) is 17.8 Å². The molecule has 0 spiro atoms. The van der Waals surface area contributed by atoms with E-state index in [1.54, 1.807) is 19.1 Å². The number of benzene rings is 2. The maximum atomic E-state index is 14.0. The average Bonchev–Trinajstić information content (AvgIpc) is 2.86. The Labute approximate surface area is 139 Å². The molecular weight excluding hydrogens is 309 g/mol. The van der Waals surface area contributed by atoms with Gasteiger partial charge in [-0.25, -0.2) is 4.39 Å². The predicted molar refractivity (Wildman–Crippen MR) is 88.9 cm³/mol. The predicted octanol–water partition coefficient (Wildman–Crippen LogP) is 3.92. The van der Waals surface area contributed by atoms with Crippen molar-refractivity contribution in [3.8, 4) is 5.75 Å². The van der Waals surface area contributed by atoms with Crippen molar-refractivity contribution in [1.29, 1.82) is 0 Å². The minimum absolute atomic E-state index is 0.150. The summed E-state index contributed by atoms with van der Waals surface area (Å²) in [6.45, 7) is 3.40. The molecule has 5 heteroatoms. The number of Topliss-reactive ketones (excluding diaryl/α,β-unsaturated/α-hetero) is 1. The zero-order valence-corrected chi connectivity index (χ0v) is 13.5. The Morgan fingerprint density at radius 2 is 1.96 bits per heavy atom. The number of hydrogen-bond donors (Lipinski definition) is 1. The van der Waals surface area contributed by atoms with Crippen molar-refractivity contribution in [3.63, 3.8) is 0 Å². The molecule has 1 amide bonds. The fourth-order valence-corrected chi connectivity index (χ4v) is 2.93. The van der Waals surface area contributed by atoms with E-state index >= 15 is 0 Å². The highest BCUT2D eigenvalue weighted by Crippen LogP contribution is 2.40. The molecule has 2 aromatic rings. The fraction of sp³-hybridized carbons (Fsp3) is 0.263. The number of ketones is 1. The molecule has 24 heavy (non-hydrogen) atoms. The van der Waals surface area contributed by atoms with Gasteiger partial charge >= 0.3 is 0 Å². The Morgan fingerprint density at radius 1 is 1.25 bits per heavy atom. The summed E-state index contributed by atoms with van der Waals surface area (Å²) in [5.41, 5.74) is 1.31. The minimum Gasteiger partial charge on any atom is -0.480 e. The van der Waals surface area contributed by atoms with Crippen molar-refractivity contribution < 1.29 is 18.7 Å². The molecule has 4 nitrogen and oxygen atoms in total. The molecule has 0 aliphatic heterocycles. The lowest BCUT2D eigenvalue weighted by atomic mass is 10.0. The number of carbonyl (C=O) groups excluding carboxylic acids is 2. The lowest BCUT2D eigenvalue weighted by Gasteiger charge is -2.17. The van der Waals surface area contributed by atoms with Gasteiger partial charge in [0.25, 0.3) is 5.91 Å². The maximum Gasteiger partial charge on any atom is 0.265 e. The van der Waals surface area contributed by atoms with Gasteiger partial charge in [0.1, 0.15) is 11.6 Å². The van der Waals surface area contributed by atoms with Crippen LogP contribution in [0, 0.1) is 5.82 Å². The zero-order valence-electron chi connectivity index (χ0n) is 13.5. The van der Waals surface area contributed by atoms with Gasteiger partial charge in [-0.3, -0.25) is 9.59 Å². The van der Waals surface area contributed by atoms with Gasteiger partial charge in [-0.1, -0.05) is 25.1 Å². The van der Waals surface area contributed by atoms with Crippen molar-refractivity contribution in [2.24, 2.45) is 0 Å². The van der Waals surface area contributed by atoms with Crippen LogP contribution in [0.15, 0.2) is 42.5 Å². The van der Waals surface area contributed by atoms with Gasteiger partial charge in [-0.05, 0) is 37.1 Å². The van der Waals surface area contributed by atoms with Crippen molar-refractivity contribution >= 4 is 17.4 Å². The van der Waals surface area contributed by atoms with Gasteiger partial charge in [0, 0.05) is 17.7 Å². The van der Waals surface area contributed by atoms with Crippen LogP contribution in [0.25, 0.3) is 0 Å². The number of para-hydroxylation sites is 1. The van der Waals surface area contributed by atoms with Crippen LogP contribution in [0.5, 0.6) is 5.75 Å². The number of amides is 1. The Bertz CT molecular complexity index is 789. The molecule has 2 atom stereocenters. The number of carbonyl (C=O) groups is 2. The Balaban J connectivity index is 1.79. The number of ether oxygens (including phenoxy) is 1. The molecule has 0 saturated heterocycles. The van der Waals surface area contributed by atoms with Crippen molar-refractivity contribution in [2.75, 3.05) is 5.32 Å². The van der Waals surface area contributed by atoms with Gasteiger partial charge < -0.3 is 10.1 Å². The van der Waals surface area contributed by atoms with E-state index in [-0.39, 0.29) is 35.3 Å². The summed E-state index contributed by atoms with van der Waals surface area (Å²) in [6.07, 6.45) is -0.555. The highest BCUT2D eigenvalue weighted by molar-refractivity contribution is 6.04. The van der Waals surface area contributed by atoms with Gasteiger partial charge in [-0.2, -0.15) is 0 Å². The van der Waals surface area contributed by atoms with E-state index in [1.165, 1.54) is 12.1 Å². The summed E-state index contributed by atoms with van der Waals surface area (Å²) in [7, 11) is 0. The fourth-order valence-electron chi connectivity index (χ4n) is 2.93. The number of nitrogens with one attached hydrogen (secondary N) is 1. The molecule has 1 N–H and O–H groups in total. The lowest BCUT2D eigenvalue weighted by Crippen LogP contribution is -2.30. The smallest absolute Gasteiger partial charge is 0.265 e. The van der Waals surface area contributed by atoms with E-state index in [1.807, 2.05) is 25.1 Å². The number of rotatable bonds is 4. The van der Waals surface area contributed by atoms with E-state index in [9.17, 15) is 14.0 Å². The topological polar surface area (TPSA) is 55.4 Å². The molecule has 0 unspecified atom stereocenters. The first-order valence-electron chi connectivity index (χ1n) is 7.85. The van der Waals surface area contributed by atoms with E-state index in [4.69, 9.17) is 4.74 Å².